The molecule has 1 N–H and O–H groups in total. The monoisotopic (exact) mass is 278 g/mol. The number of benzene rings is 1. The molecule has 1 rings (SSSR count). The number of carbonyl (C=O) groups excluding carboxylic acids is 1. The number of carbonyl (C=O) groups is 1. The fraction of sp³-hybridized carbons (Fsp3) is 0.588. The van der Waals surface area contributed by atoms with Crippen molar-refractivity contribution in [3.05, 3.63) is 35.9 Å². The third-order valence-electron chi connectivity index (χ3n) is 3.46. The van der Waals surface area contributed by atoms with Crippen LogP contribution in [0.3, 0.4) is 0 Å². The van der Waals surface area contributed by atoms with Gasteiger partial charge in [-0.1, -0.05) is 43.7 Å². The first-order valence-corrected chi connectivity index (χ1v) is 7.57. The molecule has 0 bridgehead atoms. The van der Waals surface area contributed by atoms with Gasteiger partial charge in [0.2, 0.25) is 0 Å². The standard InChI is InChI=1S/C17H26O3/c1-3-9-16(18)15(17(19)20-4-2)13-8-12-14-10-6-5-7-11-14/h5-7,10-11,15-16,18H,3-4,8-9,12-13H2,1-2H3/t15-,16-/m1/s1. The molecule has 2 atom stereocenters. The average molecular weight is 278 g/mol. The minimum absolute atomic E-state index is 0.262. The zero-order chi connectivity index (χ0) is 14.8. The molecule has 3 heteroatoms. The lowest BCUT2D eigenvalue weighted by Crippen LogP contribution is -2.30. The summed E-state index contributed by atoms with van der Waals surface area (Å²) in [4.78, 5) is 11.9. The second-order valence-corrected chi connectivity index (χ2v) is 5.09. The van der Waals surface area contributed by atoms with Crippen LogP contribution in [0.2, 0.25) is 0 Å². The molecule has 0 spiro atoms. The highest BCUT2D eigenvalue weighted by Crippen LogP contribution is 2.19. The van der Waals surface area contributed by atoms with Gasteiger partial charge in [0.25, 0.3) is 0 Å². The molecule has 0 saturated carbocycles. The molecule has 0 heterocycles. The van der Waals surface area contributed by atoms with Crippen molar-refractivity contribution in [2.45, 2.75) is 52.1 Å². The highest BCUT2D eigenvalue weighted by molar-refractivity contribution is 5.73. The number of aryl methyl sites for hydroxylation is 1. The van der Waals surface area contributed by atoms with Gasteiger partial charge in [-0.2, -0.15) is 0 Å². The number of ether oxygens (including phenoxy) is 1. The molecule has 0 aromatic heterocycles. The lowest BCUT2D eigenvalue weighted by Gasteiger charge is -2.21. The molecule has 0 unspecified atom stereocenters. The van der Waals surface area contributed by atoms with Gasteiger partial charge in [0.05, 0.1) is 18.6 Å². The summed E-state index contributed by atoms with van der Waals surface area (Å²) >= 11 is 0. The summed E-state index contributed by atoms with van der Waals surface area (Å²) in [5.41, 5.74) is 1.26. The lowest BCUT2D eigenvalue weighted by atomic mass is 9.92. The van der Waals surface area contributed by atoms with Gasteiger partial charge in [0.15, 0.2) is 0 Å². The van der Waals surface area contributed by atoms with Crippen LogP contribution in [0.5, 0.6) is 0 Å². The topological polar surface area (TPSA) is 46.5 Å². The summed E-state index contributed by atoms with van der Waals surface area (Å²) in [6, 6.07) is 10.2. The summed E-state index contributed by atoms with van der Waals surface area (Å²) in [5.74, 6) is -0.653. The van der Waals surface area contributed by atoms with Crippen LogP contribution in [-0.4, -0.2) is 23.8 Å². The molecular weight excluding hydrogens is 252 g/mol. The minimum Gasteiger partial charge on any atom is -0.466 e. The molecule has 1 aromatic rings. The number of hydrogen-bond donors (Lipinski definition) is 1. The average Bonchev–Trinajstić information content (AvgIpc) is 2.45. The zero-order valence-corrected chi connectivity index (χ0v) is 12.5. The molecular formula is C17H26O3. The van der Waals surface area contributed by atoms with Gasteiger partial charge in [0, 0.05) is 0 Å². The van der Waals surface area contributed by atoms with Crippen LogP contribution in [0, 0.1) is 5.92 Å². The molecule has 0 aliphatic heterocycles. The van der Waals surface area contributed by atoms with E-state index in [9.17, 15) is 9.90 Å². The van der Waals surface area contributed by atoms with E-state index in [2.05, 4.69) is 12.1 Å². The normalized spacial score (nSPS) is 13.8. The maximum Gasteiger partial charge on any atom is 0.311 e. The van der Waals surface area contributed by atoms with Crippen LogP contribution >= 0.6 is 0 Å². The largest absolute Gasteiger partial charge is 0.466 e. The van der Waals surface area contributed by atoms with Gasteiger partial charge in [-0.05, 0) is 38.2 Å². The van der Waals surface area contributed by atoms with Crippen LogP contribution in [0.4, 0.5) is 0 Å². The Bertz CT molecular complexity index is 375. The van der Waals surface area contributed by atoms with Gasteiger partial charge in [-0.15, -0.1) is 0 Å². The molecule has 0 radical (unpaired) electrons. The summed E-state index contributed by atoms with van der Waals surface area (Å²) in [6.07, 6.45) is 3.42. The Morgan fingerprint density at radius 1 is 1.20 bits per heavy atom. The predicted molar refractivity (Wildman–Crippen MR) is 80.4 cm³/mol. The number of aliphatic hydroxyl groups excluding tert-OH is 1. The van der Waals surface area contributed by atoms with Crippen molar-refractivity contribution in [2.24, 2.45) is 5.92 Å². The third-order valence-corrected chi connectivity index (χ3v) is 3.46. The molecule has 0 aliphatic rings. The first-order chi connectivity index (χ1) is 9.69. The van der Waals surface area contributed by atoms with Gasteiger partial charge in [0.1, 0.15) is 0 Å². The number of rotatable bonds is 9. The highest BCUT2D eigenvalue weighted by atomic mass is 16.5. The fourth-order valence-electron chi connectivity index (χ4n) is 2.38. The van der Waals surface area contributed by atoms with E-state index in [0.29, 0.717) is 19.4 Å². The first kappa shape index (κ1) is 16.7. The number of hydrogen-bond acceptors (Lipinski definition) is 3. The molecule has 0 saturated heterocycles. The van der Waals surface area contributed by atoms with Crippen molar-refractivity contribution >= 4 is 5.97 Å². The van der Waals surface area contributed by atoms with Gasteiger partial charge in [-0.25, -0.2) is 0 Å². The second-order valence-electron chi connectivity index (χ2n) is 5.09. The number of esters is 1. The van der Waals surface area contributed by atoms with Crippen molar-refractivity contribution < 1.29 is 14.6 Å². The van der Waals surface area contributed by atoms with Crippen molar-refractivity contribution in [3.8, 4) is 0 Å². The second kappa shape index (κ2) is 9.54. The Kier molecular flexibility index (Phi) is 7.97. The van der Waals surface area contributed by atoms with E-state index in [0.717, 1.165) is 19.3 Å². The van der Waals surface area contributed by atoms with E-state index in [1.54, 1.807) is 6.92 Å². The minimum atomic E-state index is -0.588. The van der Waals surface area contributed by atoms with Crippen LogP contribution in [-0.2, 0) is 16.0 Å². The predicted octanol–water partition coefficient (Wildman–Crippen LogP) is 3.35. The van der Waals surface area contributed by atoms with E-state index in [1.165, 1.54) is 5.56 Å². The quantitative estimate of drug-likeness (QED) is 0.705. The van der Waals surface area contributed by atoms with Crippen LogP contribution < -0.4 is 0 Å². The van der Waals surface area contributed by atoms with E-state index in [4.69, 9.17) is 4.74 Å². The number of aliphatic hydroxyl groups is 1. The summed E-state index contributed by atoms with van der Waals surface area (Å²) < 4.78 is 5.08. The lowest BCUT2D eigenvalue weighted by molar-refractivity contribution is -0.152. The molecule has 3 nitrogen and oxygen atoms in total. The molecule has 1 aromatic carbocycles. The molecule has 20 heavy (non-hydrogen) atoms. The Balaban J connectivity index is 2.49. The Morgan fingerprint density at radius 3 is 2.50 bits per heavy atom. The van der Waals surface area contributed by atoms with Crippen molar-refractivity contribution in [1.29, 1.82) is 0 Å². The first-order valence-electron chi connectivity index (χ1n) is 7.57. The van der Waals surface area contributed by atoms with Crippen molar-refractivity contribution in [3.63, 3.8) is 0 Å². The van der Waals surface area contributed by atoms with Crippen molar-refractivity contribution in [2.75, 3.05) is 6.61 Å². The van der Waals surface area contributed by atoms with E-state index in [1.807, 2.05) is 25.1 Å². The van der Waals surface area contributed by atoms with Crippen LogP contribution in [0.25, 0.3) is 0 Å². The van der Waals surface area contributed by atoms with Crippen LogP contribution in [0.1, 0.15) is 45.1 Å². The molecule has 112 valence electrons. The Hall–Kier alpha value is -1.35. The van der Waals surface area contributed by atoms with Gasteiger partial charge >= 0.3 is 5.97 Å². The Morgan fingerprint density at radius 2 is 1.90 bits per heavy atom. The molecule has 0 fully saturated rings. The molecule has 0 aliphatic carbocycles. The smallest absolute Gasteiger partial charge is 0.311 e. The third kappa shape index (κ3) is 5.74. The molecule has 0 amide bonds. The van der Waals surface area contributed by atoms with Gasteiger partial charge in [-0.3, -0.25) is 4.79 Å². The summed E-state index contributed by atoms with van der Waals surface area (Å²) in [5, 5.41) is 10.1. The SMILES string of the molecule is CCC[C@@H](O)[C@@H](CCCc1ccccc1)C(=O)OCC. The maximum atomic E-state index is 11.9. The zero-order valence-electron chi connectivity index (χ0n) is 12.5. The van der Waals surface area contributed by atoms with Gasteiger partial charge < -0.3 is 9.84 Å². The van der Waals surface area contributed by atoms with Crippen molar-refractivity contribution in [1.82, 2.24) is 0 Å². The Labute approximate surface area is 122 Å². The fourth-order valence-corrected chi connectivity index (χ4v) is 2.38. The maximum absolute atomic E-state index is 11.9. The summed E-state index contributed by atoms with van der Waals surface area (Å²) in [7, 11) is 0. The van der Waals surface area contributed by atoms with E-state index < -0.39 is 12.0 Å². The van der Waals surface area contributed by atoms with Crippen LogP contribution in [0.15, 0.2) is 30.3 Å². The van der Waals surface area contributed by atoms with E-state index >= 15 is 0 Å². The van der Waals surface area contributed by atoms with E-state index in [-0.39, 0.29) is 5.97 Å². The highest BCUT2D eigenvalue weighted by Gasteiger charge is 2.26. The summed E-state index contributed by atoms with van der Waals surface area (Å²) in [6.45, 7) is 4.17.